The Balaban J connectivity index is 1.98. The maximum absolute atomic E-state index is 12.3. The first-order valence-electron chi connectivity index (χ1n) is 8.08. The lowest BCUT2D eigenvalue weighted by molar-refractivity contribution is -0.130. The van der Waals surface area contributed by atoms with E-state index >= 15 is 0 Å². The zero-order chi connectivity index (χ0) is 17.6. The molecule has 1 atom stereocenters. The smallest absolute Gasteiger partial charge is 0.339 e. The maximum Gasteiger partial charge on any atom is 0.339 e. The van der Waals surface area contributed by atoms with E-state index in [0.717, 1.165) is 19.3 Å². The van der Waals surface area contributed by atoms with Crippen LogP contribution in [0.25, 0.3) is 0 Å². The highest BCUT2D eigenvalue weighted by atomic mass is 16.5. The van der Waals surface area contributed by atoms with Crippen molar-refractivity contribution in [2.24, 2.45) is 0 Å². The molecule has 1 unspecified atom stereocenters. The molecule has 0 spiro atoms. The quantitative estimate of drug-likeness (QED) is 0.838. The molecule has 24 heavy (non-hydrogen) atoms. The van der Waals surface area contributed by atoms with E-state index in [1.54, 1.807) is 24.3 Å². The molecule has 0 heterocycles. The number of ether oxygens (including phenoxy) is 2. The Morgan fingerprint density at radius 1 is 1.29 bits per heavy atom. The van der Waals surface area contributed by atoms with Crippen LogP contribution in [0, 0.1) is 11.3 Å². The van der Waals surface area contributed by atoms with E-state index in [9.17, 15) is 14.9 Å². The summed E-state index contributed by atoms with van der Waals surface area (Å²) in [5.41, 5.74) is -0.534. The van der Waals surface area contributed by atoms with E-state index < -0.39 is 23.5 Å². The molecule has 0 bridgehead atoms. The average molecular weight is 330 g/mol. The van der Waals surface area contributed by atoms with E-state index in [1.807, 2.05) is 0 Å². The molecule has 1 N–H and O–H groups in total. The number of amides is 1. The molecule has 1 aromatic carbocycles. The minimum atomic E-state index is -0.976. The van der Waals surface area contributed by atoms with Crippen molar-refractivity contribution in [3.63, 3.8) is 0 Å². The first kappa shape index (κ1) is 17.8. The van der Waals surface area contributed by atoms with E-state index in [2.05, 4.69) is 11.4 Å². The summed E-state index contributed by atoms with van der Waals surface area (Å²) >= 11 is 0. The highest BCUT2D eigenvalue weighted by molar-refractivity contribution is 5.92. The van der Waals surface area contributed by atoms with Gasteiger partial charge in [0.1, 0.15) is 11.3 Å². The van der Waals surface area contributed by atoms with Gasteiger partial charge in [0.05, 0.1) is 18.7 Å². The predicted molar refractivity (Wildman–Crippen MR) is 87.4 cm³/mol. The molecule has 0 aliphatic heterocycles. The number of hydrogen-bond donors (Lipinski definition) is 1. The number of carbonyl (C=O) groups is 2. The fourth-order valence-corrected chi connectivity index (χ4v) is 2.79. The number of rotatable bonds is 5. The van der Waals surface area contributed by atoms with Gasteiger partial charge in [-0.15, -0.1) is 0 Å². The van der Waals surface area contributed by atoms with Gasteiger partial charge in [0.25, 0.3) is 5.91 Å². The number of nitriles is 1. The molecular weight excluding hydrogens is 308 g/mol. The van der Waals surface area contributed by atoms with Crippen molar-refractivity contribution in [1.82, 2.24) is 5.32 Å². The lowest BCUT2D eigenvalue weighted by atomic mass is 9.83. The van der Waals surface area contributed by atoms with Crippen molar-refractivity contribution in [2.75, 3.05) is 7.11 Å². The molecule has 6 nitrogen and oxygen atoms in total. The number of nitrogens with zero attached hydrogens (tertiary/aromatic N) is 1. The van der Waals surface area contributed by atoms with Crippen molar-refractivity contribution < 1.29 is 19.1 Å². The molecule has 1 amide bonds. The van der Waals surface area contributed by atoms with E-state index in [1.165, 1.54) is 14.0 Å². The summed E-state index contributed by atoms with van der Waals surface area (Å²) in [6.45, 7) is 1.50. The van der Waals surface area contributed by atoms with Crippen LogP contribution in [0.15, 0.2) is 24.3 Å². The van der Waals surface area contributed by atoms with Gasteiger partial charge >= 0.3 is 5.97 Å². The van der Waals surface area contributed by atoms with Crippen LogP contribution in [0.5, 0.6) is 5.75 Å². The van der Waals surface area contributed by atoms with Crippen LogP contribution in [-0.4, -0.2) is 30.6 Å². The van der Waals surface area contributed by atoms with Crippen molar-refractivity contribution in [3.05, 3.63) is 29.8 Å². The monoisotopic (exact) mass is 330 g/mol. The van der Waals surface area contributed by atoms with Gasteiger partial charge in [0.15, 0.2) is 6.10 Å². The first-order chi connectivity index (χ1) is 11.5. The number of carbonyl (C=O) groups excluding carboxylic acids is 2. The molecular formula is C18H22N2O4. The van der Waals surface area contributed by atoms with E-state index in [0.29, 0.717) is 24.2 Å². The third-order valence-corrected chi connectivity index (χ3v) is 4.24. The molecule has 2 rings (SSSR count). The summed E-state index contributed by atoms with van der Waals surface area (Å²) in [7, 11) is 1.51. The summed E-state index contributed by atoms with van der Waals surface area (Å²) < 4.78 is 10.3. The minimum Gasteiger partial charge on any atom is -0.497 e. The third-order valence-electron chi connectivity index (χ3n) is 4.24. The maximum atomic E-state index is 12.3. The predicted octanol–water partition coefficient (Wildman–Crippen LogP) is 2.58. The summed E-state index contributed by atoms with van der Waals surface area (Å²) in [6, 6.07) is 8.74. The normalized spacial score (nSPS) is 17.2. The van der Waals surface area contributed by atoms with Gasteiger partial charge in [-0.2, -0.15) is 5.26 Å². The van der Waals surface area contributed by atoms with Gasteiger partial charge in [0, 0.05) is 0 Å². The Bertz CT molecular complexity index is 645. The highest BCUT2D eigenvalue weighted by Crippen LogP contribution is 2.27. The van der Waals surface area contributed by atoms with Gasteiger partial charge in [0.2, 0.25) is 0 Å². The Labute approximate surface area is 141 Å². The molecule has 0 saturated heterocycles. The molecule has 1 fully saturated rings. The van der Waals surface area contributed by atoms with Crippen LogP contribution in [0.4, 0.5) is 0 Å². The number of esters is 1. The average Bonchev–Trinajstić information content (AvgIpc) is 2.62. The van der Waals surface area contributed by atoms with E-state index in [4.69, 9.17) is 9.47 Å². The fraction of sp³-hybridized carbons (Fsp3) is 0.500. The van der Waals surface area contributed by atoms with Crippen LogP contribution in [0.2, 0.25) is 0 Å². The Kier molecular flexibility index (Phi) is 5.80. The molecule has 6 heteroatoms. The Morgan fingerprint density at radius 3 is 2.62 bits per heavy atom. The van der Waals surface area contributed by atoms with Gasteiger partial charge < -0.3 is 14.8 Å². The second-order valence-electron chi connectivity index (χ2n) is 6.02. The fourth-order valence-electron chi connectivity index (χ4n) is 2.79. The topological polar surface area (TPSA) is 88.4 Å². The van der Waals surface area contributed by atoms with Crippen LogP contribution in [0.1, 0.15) is 49.4 Å². The zero-order valence-corrected chi connectivity index (χ0v) is 14.0. The molecule has 1 aliphatic rings. The number of benzene rings is 1. The Hall–Kier alpha value is -2.55. The Morgan fingerprint density at radius 2 is 2.00 bits per heavy atom. The van der Waals surface area contributed by atoms with Crippen LogP contribution < -0.4 is 10.1 Å². The number of hydrogen-bond acceptors (Lipinski definition) is 5. The number of nitrogens with one attached hydrogen (secondary N) is 1. The van der Waals surface area contributed by atoms with Crippen molar-refractivity contribution in [1.29, 1.82) is 5.26 Å². The third kappa shape index (κ3) is 4.25. The largest absolute Gasteiger partial charge is 0.497 e. The van der Waals surface area contributed by atoms with Gasteiger partial charge in [-0.1, -0.05) is 25.3 Å². The molecule has 128 valence electrons. The summed E-state index contributed by atoms with van der Waals surface area (Å²) in [5.74, 6) is -0.520. The van der Waals surface area contributed by atoms with Crippen LogP contribution in [-0.2, 0) is 9.53 Å². The molecule has 0 aromatic heterocycles. The van der Waals surface area contributed by atoms with Crippen LogP contribution in [0.3, 0.4) is 0 Å². The summed E-state index contributed by atoms with van der Waals surface area (Å²) in [6.07, 6.45) is 3.17. The van der Waals surface area contributed by atoms with Gasteiger partial charge in [-0.05, 0) is 38.0 Å². The second-order valence-corrected chi connectivity index (χ2v) is 6.02. The number of methoxy groups -OCH3 is 1. The minimum absolute atomic E-state index is 0.307. The SMILES string of the molecule is COc1cccc(C(=O)OC(C)C(=O)NC2(C#N)CCCCC2)c1. The molecule has 1 aliphatic carbocycles. The molecule has 1 saturated carbocycles. The molecule has 1 aromatic rings. The first-order valence-corrected chi connectivity index (χ1v) is 8.08. The van der Waals surface area contributed by atoms with Crippen molar-refractivity contribution in [2.45, 2.75) is 50.7 Å². The van der Waals surface area contributed by atoms with Crippen molar-refractivity contribution in [3.8, 4) is 11.8 Å². The van der Waals surface area contributed by atoms with Crippen LogP contribution >= 0.6 is 0 Å². The van der Waals surface area contributed by atoms with Gasteiger partial charge in [-0.25, -0.2) is 4.79 Å². The molecule has 0 radical (unpaired) electrons. The lowest BCUT2D eigenvalue weighted by Crippen LogP contribution is -2.52. The van der Waals surface area contributed by atoms with Crippen molar-refractivity contribution >= 4 is 11.9 Å². The van der Waals surface area contributed by atoms with E-state index in [-0.39, 0.29) is 0 Å². The standard InChI is InChI=1S/C18H22N2O4/c1-13(16(21)20-18(12-19)9-4-3-5-10-18)24-17(22)14-7-6-8-15(11-14)23-2/h6-8,11,13H,3-5,9-10H2,1-2H3,(H,20,21). The summed E-state index contributed by atoms with van der Waals surface area (Å²) in [4.78, 5) is 24.4. The highest BCUT2D eigenvalue weighted by Gasteiger charge is 2.35. The van der Waals surface area contributed by atoms with Gasteiger partial charge in [-0.3, -0.25) is 4.79 Å². The lowest BCUT2D eigenvalue weighted by Gasteiger charge is -2.32. The second kappa shape index (κ2) is 7.82. The zero-order valence-electron chi connectivity index (χ0n) is 14.0. The summed E-state index contributed by atoms with van der Waals surface area (Å²) in [5, 5.41) is 12.2.